The number of alkyl halides is 2. The quantitative estimate of drug-likeness (QED) is 0.718. The van der Waals surface area contributed by atoms with Crippen molar-refractivity contribution in [2.45, 2.75) is 18.4 Å². The molecule has 0 saturated carbocycles. The van der Waals surface area contributed by atoms with Crippen LogP contribution in [-0.4, -0.2) is 41.2 Å². The SMILES string of the molecule is NC1=N[C@@](c2cc(CC(=O)c3ncc(Br)cn3)ccc2F)(C(F)F)COC1. The Morgan fingerprint density at radius 1 is 1.33 bits per heavy atom. The van der Waals surface area contributed by atoms with Crippen LogP contribution in [0.4, 0.5) is 13.2 Å². The minimum atomic E-state index is -3.05. The topological polar surface area (TPSA) is 90.5 Å². The Balaban J connectivity index is 1.95. The number of amidine groups is 1. The predicted octanol–water partition coefficient (Wildman–Crippen LogP) is 2.65. The van der Waals surface area contributed by atoms with Crippen molar-refractivity contribution < 1.29 is 22.7 Å². The highest BCUT2D eigenvalue weighted by Gasteiger charge is 2.46. The zero-order chi connectivity index (χ0) is 19.6. The highest BCUT2D eigenvalue weighted by atomic mass is 79.9. The molecular weight excluding hydrogens is 429 g/mol. The molecule has 1 aliphatic rings. The number of aromatic nitrogens is 2. The molecule has 0 bridgehead atoms. The van der Waals surface area contributed by atoms with Gasteiger partial charge in [-0.1, -0.05) is 6.07 Å². The molecule has 10 heteroatoms. The van der Waals surface area contributed by atoms with Crippen LogP contribution in [0, 0.1) is 5.82 Å². The van der Waals surface area contributed by atoms with Gasteiger partial charge >= 0.3 is 0 Å². The average Bonchev–Trinajstić information content (AvgIpc) is 2.63. The van der Waals surface area contributed by atoms with Crippen molar-refractivity contribution >= 4 is 27.5 Å². The van der Waals surface area contributed by atoms with Gasteiger partial charge in [0.2, 0.25) is 5.78 Å². The lowest BCUT2D eigenvalue weighted by Crippen LogP contribution is -2.45. The predicted molar refractivity (Wildman–Crippen MR) is 94.3 cm³/mol. The molecule has 0 spiro atoms. The van der Waals surface area contributed by atoms with E-state index in [1.165, 1.54) is 24.5 Å². The molecule has 1 atom stereocenters. The molecule has 142 valence electrons. The molecular formula is C17H14BrF3N4O2. The van der Waals surface area contributed by atoms with Gasteiger partial charge in [0.25, 0.3) is 6.43 Å². The van der Waals surface area contributed by atoms with E-state index in [4.69, 9.17) is 10.5 Å². The van der Waals surface area contributed by atoms with Crippen molar-refractivity contribution in [1.82, 2.24) is 9.97 Å². The zero-order valence-electron chi connectivity index (χ0n) is 13.8. The Morgan fingerprint density at radius 2 is 2.04 bits per heavy atom. The molecule has 3 rings (SSSR count). The van der Waals surface area contributed by atoms with E-state index < -0.39 is 30.2 Å². The fourth-order valence-electron chi connectivity index (χ4n) is 2.73. The zero-order valence-corrected chi connectivity index (χ0v) is 15.4. The molecule has 1 aromatic heterocycles. The lowest BCUT2D eigenvalue weighted by Gasteiger charge is -2.33. The molecule has 0 fully saturated rings. The minimum Gasteiger partial charge on any atom is -0.385 e. The Kier molecular flexibility index (Phi) is 5.56. The van der Waals surface area contributed by atoms with Crippen LogP contribution >= 0.6 is 15.9 Å². The summed E-state index contributed by atoms with van der Waals surface area (Å²) in [6.07, 6.45) is -0.404. The molecule has 0 radical (unpaired) electrons. The Morgan fingerprint density at radius 3 is 2.67 bits per heavy atom. The van der Waals surface area contributed by atoms with Crippen LogP contribution < -0.4 is 5.73 Å². The molecule has 1 aromatic carbocycles. The van der Waals surface area contributed by atoms with Crippen LogP contribution in [-0.2, 0) is 16.7 Å². The molecule has 0 amide bonds. The van der Waals surface area contributed by atoms with Gasteiger partial charge in [0, 0.05) is 24.4 Å². The molecule has 27 heavy (non-hydrogen) atoms. The Bertz CT molecular complexity index is 892. The fourth-order valence-corrected chi connectivity index (χ4v) is 2.94. The fraction of sp³-hybridized carbons (Fsp3) is 0.294. The summed E-state index contributed by atoms with van der Waals surface area (Å²) in [6, 6.07) is 3.54. The number of nitrogens with zero attached hydrogens (tertiary/aromatic N) is 3. The summed E-state index contributed by atoms with van der Waals surface area (Å²) < 4.78 is 47.7. The largest absolute Gasteiger partial charge is 0.385 e. The molecule has 2 aromatic rings. The first-order chi connectivity index (χ1) is 12.8. The van der Waals surface area contributed by atoms with Crippen molar-refractivity contribution in [2.75, 3.05) is 13.2 Å². The number of hydrogen-bond acceptors (Lipinski definition) is 6. The number of nitrogens with two attached hydrogens (primary N) is 1. The lowest BCUT2D eigenvalue weighted by molar-refractivity contribution is -0.0146. The molecule has 1 aliphatic heterocycles. The van der Waals surface area contributed by atoms with E-state index in [1.54, 1.807) is 0 Å². The van der Waals surface area contributed by atoms with Crippen LogP contribution in [0.25, 0.3) is 0 Å². The molecule has 0 aliphatic carbocycles. The highest BCUT2D eigenvalue weighted by Crippen LogP contribution is 2.37. The number of Topliss-reactive ketones (excluding diaryl/α,β-unsaturated/α-hetero) is 1. The van der Waals surface area contributed by atoms with E-state index in [0.717, 1.165) is 6.07 Å². The number of carbonyl (C=O) groups excluding carboxylic acids is 1. The van der Waals surface area contributed by atoms with Crippen molar-refractivity contribution in [3.05, 3.63) is 57.8 Å². The first-order valence-electron chi connectivity index (χ1n) is 7.81. The molecule has 0 saturated heterocycles. The normalized spacial score (nSPS) is 19.8. The van der Waals surface area contributed by atoms with Gasteiger partial charge in [0.1, 0.15) is 18.3 Å². The van der Waals surface area contributed by atoms with E-state index in [-0.39, 0.29) is 30.3 Å². The van der Waals surface area contributed by atoms with Gasteiger partial charge in [-0.3, -0.25) is 9.79 Å². The number of halogens is 4. The summed E-state index contributed by atoms with van der Waals surface area (Å²) in [5.41, 5.74) is 3.24. The second-order valence-corrected chi connectivity index (χ2v) is 6.88. The third-order valence-electron chi connectivity index (χ3n) is 4.01. The Labute approximate surface area is 160 Å². The van der Waals surface area contributed by atoms with Gasteiger partial charge < -0.3 is 10.5 Å². The lowest BCUT2D eigenvalue weighted by atomic mass is 9.88. The first-order valence-corrected chi connectivity index (χ1v) is 8.61. The molecule has 2 N–H and O–H groups in total. The number of ether oxygens (including phenoxy) is 1. The molecule has 2 heterocycles. The number of aliphatic imine (C=N–C) groups is 1. The number of rotatable bonds is 5. The van der Waals surface area contributed by atoms with Crippen molar-refractivity contribution in [3.8, 4) is 0 Å². The summed E-state index contributed by atoms with van der Waals surface area (Å²) in [4.78, 5) is 23.9. The number of ketones is 1. The van der Waals surface area contributed by atoms with Crippen molar-refractivity contribution in [2.24, 2.45) is 10.7 Å². The van der Waals surface area contributed by atoms with Crippen LogP contribution in [0.2, 0.25) is 0 Å². The van der Waals surface area contributed by atoms with Crippen molar-refractivity contribution in [1.29, 1.82) is 0 Å². The number of hydrogen-bond donors (Lipinski definition) is 1. The van der Waals surface area contributed by atoms with Crippen LogP contribution in [0.1, 0.15) is 21.7 Å². The van der Waals surface area contributed by atoms with Gasteiger partial charge in [0.15, 0.2) is 11.4 Å². The van der Waals surface area contributed by atoms with Gasteiger partial charge in [-0.15, -0.1) is 0 Å². The Hall–Kier alpha value is -2.33. The van der Waals surface area contributed by atoms with E-state index in [9.17, 15) is 18.0 Å². The van der Waals surface area contributed by atoms with Crippen LogP contribution in [0.3, 0.4) is 0 Å². The average molecular weight is 443 g/mol. The third kappa shape index (κ3) is 4.01. The molecule has 6 nitrogen and oxygen atoms in total. The molecule has 0 unspecified atom stereocenters. The maximum absolute atomic E-state index is 14.4. The summed E-state index contributed by atoms with van der Waals surface area (Å²) in [5, 5.41) is 0. The summed E-state index contributed by atoms with van der Waals surface area (Å²) in [6.45, 7) is -0.620. The van der Waals surface area contributed by atoms with Gasteiger partial charge in [-0.2, -0.15) is 0 Å². The summed E-state index contributed by atoms with van der Waals surface area (Å²) in [7, 11) is 0. The standard InChI is InChI=1S/C17H14BrF3N4O2/c18-10-5-23-15(24-6-10)13(26)4-9-1-2-12(19)11(3-9)17(16(20)21)8-27-7-14(22)25-17/h1-3,5-6,16H,4,7-8H2,(H2,22,25)/t17-/m0/s1. The van der Waals surface area contributed by atoms with Gasteiger partial charge in [-0.25, -0.2) is 23.1 Å². The second kappa shape index (κ2) is 7.73. The smallest absolute Gasteiger partial charge is 0.269 e. The van der Waals surface area contributed by atoms with Crippen molar-refractivity contribution in [3.63, 3.8) is 0 Å². The maximum atomic E-state index is 14.4. The summed E-state index contributed by atoms with van der Waals surface area (Å²) in [5.74, 6) is -1.50. The van der Waals surface area contributed by atoms with Crippen LogP contribution in [0.15, 0.2) is 40.1 Å². The highest BCUT2D eigenvalue weighted by molar-refractivity contribution is 9.10. The van der Waals surface area contributed by atoms with E-state index in [0.29, 0.717) is 10.0 Å². The minimum absolute atomic E-state index is 0.0316. The first kappa shape index (κ1) is 19.4. The van der Waals surface area contributed by atoms with Crippen LogP contribution in [0.5, 0.6) is 0 Å². The van der Waals surface area contributed by atoms with Gasteiger partial charge in [0.05, 0.1) is 11.1 Å². The van der Waals surface area contributed by atoms with E-state index in [1.807, 2.05) is 0 Å². The third-order valence-corrected chi connectivity index (χ3v) is 4.42. The number of carbonyl (C=O) groups is 1. The number of benzene rings is 1. The monoisotopic (exact) mass is 442 g/mol. The summed E-state index contributed by atoms with van der Waals surface area (Å²) >= 11 is 3.16. The second-order valence-electron chi connectivity index (χ2n) is 5.96. The van der Waals surface area contributed by atoms with E-state index >= 15 is 0 Å². The maximum Gasteiger partial charge on any atom is 0.269 e. The van der Waals surface area contributed by atoms with E-state index in [2.05, 4.69) is 30.9 Å². The van der Waals surface area contributed by atoms with Gasteiger partial charge in [-0.05, 0) is 33.6 Å².